The van der Waals surface area contributed by atoms with Crippen LogP contribution < -0.4 is 20.7 Å². The van der Waals surface area contributed by atoms with Crippen molar-refractivity contribution in [1.29, 1.82) is 0 Å². The molecule has 2 fully saturated rings. The van der Waals surface area contributed by atoms with Crippen LogP contribution in [0.3, 0.4) is 0 Å². The van der Waals surface area contributed by atoms with Gasteiger partial charge in [0, 0.05) is 11.8 Å². The molecule has 1 aliphatic heterocycles. The predicted molar refractivity (Wildman–Crippen MR) is 152 cm³/mol. The van der Waals surface area contributed by atoms with E-state index in [2.05, 4.69) is 22.0 Å². The number of Topliss-reactive ketones (excluding diaryl/α,β-unsaturated/α-hetero) is 1. The molecule has 10 nitrogen and oxygen atoms in total. The van der Waals surface area contributed by atoms with Gasteiger partial charge in [-0.3, -0.25) is 19.2 Å². The SMILES string of the molecule is COc1ccc(C[C@H](NC(=O)[C@@H](C)NC(=O)C2(C)CCC(O)CC2)C(=O)N[C@@H](CC2=CCCC2)C(=O)[C@H]2CO2)cc1. The molecule has 4 N–H and O–H groups in total. The molecule has 224 valence electrons. The van der Waals surface area contributed by atoms with Crippen LogP contribution in [0.1, 0.15) is 70.8 Å². The van der Waals surface area contributed by atoms with E-state index in [4.69, 9.17) is 9.47 Å². The molecule has 1 heterocycles. The van der Waals surface area contributed by atoms with Crippen LogP contribution in [0.2, 0.25) is 0 Å². The molecule has 1 aromatic rings. The zero-order chi connectivity index (χ0) is 29.6. The molecule has 1 saturated carbocycles. The second kappa shape index (κ2) is 13.6. The fourth-order valence-corrected chi connectivity index (χ4v) is 5.52. The molecule has 0 radical (unpaired) electrons. The maximum absolute atomic E-state index is 13.6. The highest BCUT2D eigenvalue weighted by atomic mass is 16.6. The summed E-state index contributed by atoms with van der Waals surface area (Å²) < 4.78 is 10.4. The van der Waals surface area contributed by atoms with Crippen LogP contribution in [0, 0.1) is 5.41 Å². The first-order valence-electron chi connectivity index (χ1n) is 14.6. The average molecular weight is 570 g/mol. The minimum Gasteiger partial charge on any atom is -0.497 e. The fourth-order valence-electron chi connectivity index (χ4n) is 5.52. The number of ketones is 1. The molecular formula is C31H43N3O7. The van der Waals surface area contributed by atoms with Crippen LogP contribution in [0.4, 0.5) is 0 Å². The Kier molecular flexibility index (Phi) is 10.2. The average Bonchev–Trinajstić information content (AvgIpc) is 3.69. The number of methoxy groups -OCH3 is 1. The molecule has 2 aliphatic carbocycles. The van der Waals surface area contributed by atoms with Gasteiger partial charge in [0.25, 0.3) is 0 Å². The van der Waals surface area contributed by atoms with Crippen molar-refractivity contribution in [3.63, 3.8) is 0 Å². The number of benzene rings is 1. The summed E-state index contributed by atoms with van der Waals surface area (Å²) in [6, 6.07) is 4.58. The van der Waals surface area contributed by atoms with E-state index in [-0.39, 0.29) is 18.1 Å². The first-order valence-corrected chi connectivity index (χ1v) is 14.6. The summed E-state index contributed by atoms with van der Waals surface area (Å²) in [6.07, 6.45) is 6.85. The molecule has 4 rings (SSSR count). The van der Waals surface area contributed by atoms with Gasteiger partial charge in [-0.1, -0.05) is 30.7 Å². The third kappa shape index (κ3) is 8.39. The standard InChI is InChI=1S/C31H43N3O7/c1-19(32-30(39)31(2)14-12-22(35)13-15-31)28(37)34-25(17-21-8-10-23(40-3)11-9-21)29(38)33-24(27(36)26-18-41-26)16-20-6-4-5-7-20/h6,8-11,19,22,24-26,35H,4-5,7,12-18H2,1-3H3,(H,32,39)(H,33,38)(H,34,37)/t19-,22?,24+,25+,26-,31?/m1/s1. The fraction of sp³-hybridized carbons (Fsp3) is 0.613. The lowest BCUT2D eigenvalue weighted by atomic mass is 9.74. The van der Waals surface area contributed by atoms with Crippen molar-refractivity contribution in [1.82, 2.24) is 16.0 Å². The number of carbonyl (C=O) groups excluding carboxylic acids is 4. The number of aliphatic hydroxyl groups excluding tert-OH is 1. The Morgan fingerprint density at radius 1 is 1.02 bits per heavy atom. The van der Waals surface area contributed by atoms with Gasteiger partial charge in [0.2, 0.25) is 17.7 Å². The number of amides is 3. The van der Waals surface area contributed by atoms with Gasteiger partial charge in [-0.05, 0) is 76.0 Å². The third-order valence-electron chi connectivity index (χ3n) is 8.49. The second-order valence-electron chi connectivity index (χ2n) is 11.8. The van der Waals surface area contributed by atoms with E-state index in [1.807, 2.05) is 19.1 Å². The molecular weight excluding hydrogens is 526 g/mol. The normalized spacial score (nSPS) is 25.7. The maximum Gasteiger partial charge on any atom is 0.243 e. The van der Waals surface area contributed by atoms with Crippen molar-refractivity contribution >= 4 is 23.5 Å². The number of hydrogen-bond acceptors (Lipinski definition) is 7. The highest BCUT2D eigenvalue weighted by Crippen LogP contribution is 2.36. The summed E-state index contributed by atoms with van der Waals surface area (Å²) in [6.45, 7) is 3.78. The van der Waals surface area contributed by atoms with Crippen molar-refractivity contribution in [2.24, 2.45) is 5.41 Å². The van der Waals surface area contributed by atoms with Gasteiger partial charge in [-0.15, -0.1) is 0 Å². The highest BCUT2D eigenvalue weighted by molar-refractivity contribution is 5.97. The van der Waals surface area contributed by atoms with Crippen LogP contribution in [0.25, 0.3) is 0 Å². The summed E-state index contributed by atoms with van der Waals surface area (Å²) in [4.78, 5) is 53.0. The maximum atomic E-state index is 13.6. The first-order chi connectivity index (χ1) is 19.6. The van der Waals surface area contributed by atoms with Gasteiger partial charge in [0.05, 0.1) is 25.9 Å². The van der Waals surface area contributed by atoms with Gasteiger partial charge in [-0.2, -0.15) is 0 Å². The Morgan fingerprint density at radius 2 is 1.68 bits per heavy atom. The van der Waals surface area contributed by atoms with E-state index >= 15 is 0 Å². The Morgan fingerprint density at radius 3 is 2.27 bits per heavy atom. The second-order valence-corrected chi connectivity index (χ2v) is 11.8. The molecule has 3 amide bonds. The van der Waals surface area contributed by atoms with Gasteiger partial charge < -0.3 is 30.5 Å². The number of ether oxygens (including phenoxy) is 2. The van der Waals surface area contributed by atoms with E-state index in [9.17, 15) is 24.3 Å². The lowest BCUT2D eigenvalue weighted by molar-refractivity contribution is -0.137. The summed E-state index contributed by atoms with van der Waals surface area (Å²) in [5.74, 6) is -0.717. The molecule has 1 aromatic carbocycles. The minimum absolute atomic E-state index is 0.160. The zero-order valence-corrected chi connectivity index (χ0v) is 24.2. The Balaban J connectivity index is 1.45. The van der Waals surface area contributed by atoms with Gasteiger partial charge >= 0.3 is 0 Å². The summed E-state index contributed by atoms with van der Waals surface area (Å²) in [7, 11) is 1.57. The zero-order valence-electron chi connectivity index (χ0n) is 24.2. The number of rotatable bonds is 13. The van der Waals surface area contributed by atoms with E-state index in [1.165, 1.54) is 0 Å². The number of epoxide rings is 1. The molecule has 3 aliphatic rings. The van der Waals surface area contributed by atoms with E-state index in [0.717, 1.165) is 30.4 Å². The highest BCUT2D eigenvalue weighted by Gasteiger charge is 2.40. The largest absolute Gasteiger partial charge is 0.497 e. The molecule has 41 heavy (non-hydrogen) atoms. The lowest BCUT2D eigenvalue weighted by Crippen LogP contribution is -2.57. The van der Waals surface area contributed by atoms with Crippen LogP contribution in [-0.4, -0.2) is 72.7 Å². The Hall–Kier alpha value is -3.24. The molecule has 0 spiro atoms. The molecule has 10 heteroatoms. The number of hydrogen-bond donors (Lipinski definition) is 4. The van der Waals surface area contributed by atoms with Crippen molar-refractivity contribution in [2.45, 2.75) is 102 Å². The van der Waals surface area contributed by atoms with E-state index < -0.39 is 47.6 Å². The Bertz CT molecular complexity index is 1140. The van der Waals surface area contributed by atoms with Crippen molar-refractivity contribution in [3.8, 4) is 5.75 Å². The molecule has 0 bridgehead atoms. The van der Waals surface area contributed by atoms with Crippen molar-refractivity contribution < 1.29 is 33.8 Å². The van der Waals surface area contributed by atoms with Crippen LogP contribution in [-0.2, 0) is 30.3 Å². The van der Waals surface area contributed by atoms with Gasteiger partial charge in [0.1, 0.15) is 23.9 Å². The molecule has 1 saturated heterocycles. The predicted octanol–water partition coefficient (Wildman–Crippen LogP) is 2.12. The van der Waals surface area contributed by atoms with Gasteiger partial charge in [-0.25, -0.2) is 0 Å². The van der Waals surface area contributed by atoms with Crippen LogP contribution in [0.15, 0.2) is 35.9 Å². The van der Waals surface area contributed by atoms with Crippen molar-refractivity contribution in [3.05, 3.63) is 41.5 Å². The lowest BCUT2D eigenvalue weighted by Gasteiger charge is -2.35. The number of aliphatic hydroxyl groups is 1. The number of allylic oxidation sites excluding steroid dienone is 1. The third-order valence-corrected chi connectivity index (χ3v) is 8.49. The molecule has 4 atom stereocenters. The summed E-state index contributed by atoms with van der Waals surface area (Å²) in [5, 5.41) is 18.3. The first kappa shape index (κ1) is 30.7. The van der Waals surface area contributed by atoms with E-state index in [1.54, 1.807) is 26.2 Å². The van der Waals surface area contributed by atoms with Crippen LogP contribution in [0.5, 0.6) is 5.75 Å². The van der Waals surface area contributed by atoms with E-state index in [0.29, 0.717) is 44.5 Å². The topological polar surface area (TPSA) is 146 Å². The molecule has 0 aromatic heterocycles. The van der Waals surface area contributed by atoms with Crippen LogP contribution >= 0.6 is 0 Å². The summed E-state index contributed by atoms with van der Waals surface area (Å²) in [5.41, 5.74) is 1.27. The smallest absolute Gasteiger partial charge is 0.243 e. The minimum atomic E-state index is -0.983. The monoisotopic (exact) mass is 569 g/mol. The Labute approximate surface area is 241 Å². The quantitative estimate of drug-likeness (QED) is 0.210. The number of carbonyl (C=O) groups is 4. The molecule has 0 unspecified atom stereocenters. The van der Waals surface area contributed by atoms with Crippen molar-refractivity contribution in [2.75, 3.05) is 13.7 Å². The summed E-state index contributed by atoms with van der Waals surface area (Å²) >= 11 is 0. The number of nitrogens with one attached hydrogen (secondary N) is 3. The van der Waals surface area contributed by atoms with Gasteiger partial charge in [0.15, 0.2) is 5.78 Å².